The summed E-state index contributed by atoms with van der Waals surface area (Å²) >= 11 is 0. The number of likely N-dealkylation sites (tertiary alicyclic amines) is 1. The minimum atomic E-state index is 0.0662. The third-order valence-electron chi connectivity index (χ3n) is 8.44. The number of nitrogens with one attached hydrogen (secondary N) is 1. The van der Waals surface area contributed by atoms with Gasteiger partial charge in [0.15, 0.2) is 0 Å². The number of rotatable bonds is 8. The SMILES string of the molecule is CCOc1cnc(CN2CCC(c3ccc4cc(C(=O)N5CCN(Cc6ccc(C#N)cc6)CC5)[nH]c4c3)CC2)cn1. The molecule has 2 aliphatic rings. The third kappa shape index (κ3) is 6.46. The fourth-order valence-electron chi connectivity index (χ4n) is 6.04. The molecule has 9 heteroatoms. The molecule has 0 saturated carbocycles. The number of aromatic nitrogens is 3. The Labute approximate surface area is 246 Å². The number of ether oxygens (including phenoxy) is 1. The van der Waals surface area contributed by atoms with Crippen LogP contribution < -0.4 is 4.74 Å². The van der Waals surface area contributed by atoms with Crippen molar-refractivity contribution in [1.29, 1.82) is 5.26 Å². The van der Waals surface area contributed by atoms with Crippen LogP contribution in [0.4, 0.5) is 0 Å². The van der Waals surface area contributed by atoms with Crippen molar-refractivity contribution in [2.45, 2.75) is 38.8 Å². The maximum absolute atomic E-state index is 13.4. The summed E-state index contributed by atoms with van der Waals surface area (Å²) < 4.78 is 5.40. The number of piperidine rings is 1. The predicted octanol–water partition coefficient (Wildman–Crippen LogP) is 4.57. The summed E-state index contributed by atoms with van der Waals surface area (Å²) in [5, 5.41) is 10.1. The topological polar surface area (TPSA) is 101 Å². The Morgan fingerprint density at radius 3 is 2.40 bits per heavy atom. The van der Waals surface area contributed by atoms with Crippen LogP contribution in [0.1, 0.15) is 58.6 Å². The van der Waals surface area contributed by atoms with Gasteiger partial charge in [-0.3, -0.25) is 19.6 Å². The van der Waals surface area contributed by atoms with Gasteiger partial charge in [0.1, 0.15) is 5.69 Å². The summed E-state index contributed by atoms with van der Waals surface area (Å²) in [5.41, 5.74) is 5.86. The zero-order valence-electron chi connectivity index (χ0n) is 24.1. The molecule has 6 rings (SSSR count). The zero-order valence-corrected chi connectivity index (χ0v) is 24.1. The molecule has 2 aromatic carbocycles. The van der Waals surface area contributed by atoms with Crippen molar-refractivity contribution in [3.05, 3.63) is 89.0 Å². The molecule has 1 N–H and O–H groups in total. The minimum absolute atomic E-state index is 0.0662. The molecule has 0 bridgehead atoms. The van der Waals surface area contributed by atoms with E-state index in [1.807, 2.05) is 48.4 Å². The second-order valence-electron chi connectivity index (χ2n) is 11.2. The number of carbonyl (C=O) groups is 1. The van der Waals surface area contributed by atoms with E-state index in [-0.39, 0.29) is 5.91 Å². The number of amides is 1. The second-order valence-corrected chi connectivity index (χ2v) is 11.2. The molecule has 0 aliphatic carbocycles. The highest BCUT2D eigenvalue weighted by Gasteiger charge is 2.25. The van der Waals surface area contributed by atoms with Gasteiger partial charge in [-0.2, -0.15) is 5.26 Å². The van der Waals surface area contributed by atoms with E-state index in [1.165, 1.54) is 11.1 Å². The number of carbonyl (C=O) groups excluding carboxylic acids is 1. The fraction of sp³-hybridized carbons (Fsp3) is 0.394. The highest BCUT2D eigenvalue weighted by Crippen LogP contribution is 2.31. The lowest BCUT2D eigenvalue weighted by Crippen LogP contribution is -2.48. The van der Waals surface area contributed by atoms with Gasteiger partial charge in [0.25, 0.3) is 5.91 Å². The van der Waals surface area contributed by atoms with E-state index in [0.29, 0.717) is 42.8 Å². The minimum Gasteiger partial charge on any atom is -0.477 e. The van der Waals surface area contributed by atoms with Gasteiger partial charge in [-0.25, -0.2) is 4.98 Å². The van der Waals surface area contributed by atoms with Crippen molar-refractivity contribution in [3.63, 3.8) is 0 Å². The number of nitrogens with zero attached hydrogens (tertiary/aromatic N) is 6. The lowest BCUT2D eigenvalue weighted by Gasteiger charge is -2.34. The normalized spacial score (nSPS) is 16.9. The van der Waals surface area contributed by atoms with Crippen LogP contribution >= 0.6 is 0 Å². The molecule has 0 unspecified atom stereocenters. The number of hydrogen-bond donors (Lipinski definition) is 1. The van der Waals surface area contributed by atoms with Crippen LogP contribution in [0.5, 0.6) is 5.88 Å². The number of nitriles is 1. The molecule has 1 amide bonds. The van der Waals surface area contributed by atoms with E-state index >= 15 is 0 Å². The molecular weight excluding hydrogens is 526 g/mol. The van der Waals surface area contributed by atoms with Crippen LogP contribution in [0.15, 0.2) is 60.9 Å². The van der Waals surface area contributed by atoms with Crippen LogP contribution in [0.2, 0.25) is 0 Å². The number of fused-ring (bicyclic) bond motifs is 1. The average molecular weight is 564 g/mol. The lowest BCUT2D eigenvalue weighted by molar-refractivity contribution is 0.0623. The molecule has 4 heterocycles. The molecular formula is C33H37N7O2. The molecule has 2 aromatic heterocycles. The molecule has 9 nitrogen and oxygen atoms in total. The monoisotopic (exact) mass is 563 g/mol. The molecule has 2 fully saturated rings. The lowest BCUT2D eigenvalue weighted by atomic mass is 9.89. The zero-order chi connectivity index (χ0) is 28.9. The molecule has 216 valence electrons. The Hall–Kier alpha value is -4.26. The van der Waals surface area contributed by atoms with E-state index in [0.717, 1.165) is 68.7 Å². The molecule has 0 atom stereocenters. The largest absolute Gasteiger partial charge is 0.477 e. The van der Waals surface area contributed by atoms with Crippen molar-refractivity contribution in [1.82, 2.24) is 29.7 Å². The first-order chi connectivity index (χ1) is 20.6. The number of benzene rings is 2. The Balaban J connectivity index is 1.01. The van der Waals surface area contributed by atoms with E-state index in [1.54, 1.807) is 6.20 Å². The van der Waals surface area contributed by atoms with Crippen molar-refractivity contribution in [3.8, 4) is 11.9 Å². The summed E-state index contributed by atoms with van der Waals surface area (Å²) in [6, 6.07) is 18.5. The van der Waals surface area contributed by atoms with Gasteiger partial charge >= 0.3 is 0 Å². The Morgan fingerprint density at radius 1 is 0.952 bits per heavy atom. The van der Waals surface area contributed by atoms with E-state index < -0.39 is 0 Å². The van der Waals surface area contributed by atoms with Crippen molar-refractivity contribution >= 4 is 16.8 Å². The summed E-state index contributed by atoms with van der Waals surface area (Å²) in [6.07, 6.45) is 5.70. The highest BCUT2D eigenvalue weighted by atomic mass is 16.5. The Bertz CT molecular complexity index is 1540. The van der Waals surface area contributed by atoms with Gasteiger partial charge in [-0.15, -0.1) is 0 Å². The Kier molecular flexibility index (Phi) is 8.45. The summed E-state index contributed by atoms with van der Waals surface area (Å²) in [7, 11) is 0. The van der Waals surface area contributed by atoms with Crippen LogP contribution in [-0.2, 0) is 13.1 Å². The van der Waals surface area contributed by atoms with Gasteiger partial charge in [0.2, 0.25) is 5.88 Å². The first-order valence-electron chi connectivity index (χ1n) is 14.9. The van der Waals surface area contributed by atoms with Crippen LogP contribution in [0, 0.1) is 11.3 Å². The van der Waals surface area contributed by atoms with Gasteiger partial charge < -0.3 is 14.6 Å². The van der Waals surface area contributed by atoms with Crippen molar-refractivity contribution in [2.24, 2.45) is 0 Å². The predicted molar refractivity (Wildman–Crippen MR) is 161 cm³/mol. The van der Waals surface area contributed by atoms with E-state index in [4.69, 9.17) is 10.00 Å². The van der Waals surface area contributed by atoms with Crippen LogP contribution in [-0.4, -0.2) is 81.4 Å². The molecule has 2 aliphatic heterocycles. The van der Waals surface area contributed by atoms with Crippen LogP contribution in [0.25, 0.3) is 10.9 Å². The molecule has 2 saturated heterocycles. The number of aromatic amines is 1. The quantitative estimate of drug-likeness (QED) is 0.335. The number of piperazine rings is 1. The summed E-state index contributed by atoms with van der Waals surface area (Å²) in [4.78, 5) is 32.4. The first-order valence-corrected chi connectivity index (χ1v) is 14.9. The van der Waals surface area contributed by atoms with E-state index in [9.17, 15) is 4.79 Å². The molecule has 0 spiro atoms. The van der Waals surface area contributed by atoms with Crippen molar-refractivity contribution in [2.75, 3.05) is 45.9 Å². The first kappa shape index (κ1) is 27.9. The van der Waals surface area contributed by atoms with Gasteiger partial charge in [-0.1, -0.05) is 24.3 Å². The summed E-state index contributed by atoms with van der Waals surface area (Å²) in [5.74, 6) is 1.14. The standard InChI is InChI=1S/C33H37N7O2/c1-2-42-32-21-35-29(20-36-32)23-38-11-9-26(10-12-38)27-7-8-28-18-31(37-30(28)17-27)33(41)40-15-13-39(14-16-40)22-25-5-3-24(19-34)4-6-25/h3-8,17-18,20-21,26,37H,2,9-16,22-23H2,1H3. The molecule has 42 heavy (non-hydrogen) atoms. The number of H-pyrrole nitrogens is 1. The third-order valence-corrected chi connectivity index (χ3v) is 8.44. The maximum atomic E-state index is 13.4. The molecule has 4 aromatic rings. The van der Waals surface area contributed by atoms with Crippen LogP contribution in [0.3, 0.4) is 0 Å². The highest BCUT2D eigenvalue weighted by molar-refractivity contribution is 5.98. The van der Waals surface area contributed by atoms with Gasteiger partial charge in [-0.05, 0) is 74.2 Å². The molecule has 0 radical (unpaired) electrons. The van der Waals surface area contributed by atoms with Crippen molar-refractivity contribution < 1.29 is 9.53 Å². The average Bonchev–Trinajstić information content (AvgIpc) is 3.47. The van der Waals surface area contributed by atoms with Gasteiger partial charge in [0.05, 0.1) is 36.3 Å². The Morgan fingerprint density at radius 2 is 1.71 bits per heavy atom. The smallest absolute Gasteiger partial charge is 0.270 e. The van der Waals surface area contributed by atoms with E-state index in [2.05, 4.69) is 49.0 Å². The maximum Gasteiger partial charge on any atom is 0.270 e. The second kappa shape index (κ2) is 12.7. The number of hydrogen-bond acceptors (Lipinski definition) is 7. The summed E-state index contributed by atoms with van der Waals surface area (Å²) in [6.45, 7) is 9.28. The van der Waals surface area contributed by atoms with Gasteiger partial charge in [0, 0.05) is 50.2 Å². The fourth-order valence-corrected chi connectivity index (χ4v) is 6.04.